The van der Waals surface area contributed by atoms with Crippen molar-refractivity contribution in [2.24, 2.45) is 12.5 Å². The molecule has 0 spiro atoms. The van der Waals surface area contributed by atoms with Crippen molar-refractivity contribution in [3.63, 3.8) is 0 Å². The Morgan fingerprint density at radius 1 is 1.44 bits per heavy atom. The Kier molecular flexibility index (Phi) is 5.71. The number of rotatable bonds is 5. The number of fused-ring (bicyclic) bond motifs is 1. The summed E-state index contributed by atoms with van der Waals surface area (Å²) in [6.07, 6.45) is 2.62. The van der Waals surface area contributed by atoms with E-state index in [1.807, 2.05) is 0 Å². The van der Waals surface area contributed by atoms with Gasteiger partial charge in [0.2, 0.25) is 5.91 Å². The number of nitrogens with zero attached hydrogens (tertiary/aromatic N) is 7. The van der Waals surface area contributed by atoms with Crippen LogP contribution >= 0.6 is 36.0 Å². The van der Waals surface area contributed by atoms with Crippen molar-refractivity contribution in [3.8, 4) is 0 Å². The minimum Gasteiger partial charge on any atom is -0.481 e. The van der Waals surface area contributed by atoms with Crippen LogP contribution in [0.1, 0.15) is 18.0 Å². The monoisotopic (exact) mass is 499 g/mol. The second-order valence-corrected chi connectivity index (χ2v) is 9.57. The molecule has 0 aliphatic carbocycles. The Labute approximate surface area is 195 Å². The molecule has 3 unspecified atom stereocenters. The van der Waals surface area contributed by atoms with E-state index in [4.69, 9.17) is 11.6 Å². The number of hydrogen-bond donors (Lipinski definition) is 2. The van der Waals surface area contributed by atoms with Gasteiger partial charge in [-0.2, -0.15) is 12.6 Å². The van der Waals surface area contributed by atoms with Gasteiger partial charge in [-0.15, -0.1) is 16.9 Å². The van der Waals surface area contributed by atoms with E-state index >= 15 is 0 Å². The first-order valence-corrected chi connectivity index (χ1v) is 11.3. The number of aromatic nitrogens is 5. The van der Waals surface area contributed by atoms with E-state index in [0.717, 1.165) is 0 Å². The molecule has 4 rings (SSSR count). The number of carbonyl (C=O) groups is 3. The van der Waals surface area contributed by atoms with Gasteiger partial charge < -0.3 is 10.0 Å². The predicted molar refractivity (Wildman–Crippen MR) is 117 cm³/mol. The maximum atomic E-state index is 13.1. The minimum atomic E-state index is -1.44. The predicted octanol–water partition coefficient (Wildman–Crippen LogP) is -0.464. The number of carbonyl (C=O) groups excluding carboxylic acids is 2. The molecule has 2 aliphatic rings. The first-order valence-electron chi connectivity index (χ1n) is 9.32. The lowest BCUT2D eigenvalue weighted by Crippen LogP contribution is -2.76. The highest BCUT2D eigenvalue weighted by Gasteiger charge is 2.62. The van der Waals surface area contributed by atoms with Crippen LogP contribution < -0.4 is 10.4 Å². The zero-order valence-electron chi connectivity index (χ0n) is 16.8. The maximum Gasteiger partial charge on any atom is 0.313 e. The fraction of sp³-hybridized carbons (Fsp3) is 0.471. The van der Waals surface area contributed by atoms with Gasteiger partial charge in [0.1, 0.15) is 15.8 Å². The summed E-state index contributed by atoms with van der Waals surface area (Å²) in [4.78, 5) is 50.9. The van der Waals surface area contributed by atoms with E-state index in [9.17, 15) is 24.3 Å². The molecule has 0 bridgehead atoms. The number of pyridine rings is 1. The summed E-state index contributed by atoms with van der Waals surface area (Å²) in [6, 6.07) is 0.320. The molecular weight excluding hydrogens is 482 g/mol. The highest BCUT2D eigenvalue weighted by Crippen LogP contribution is 2.50. The molecule has 1 N–H and O–H groups in total. The minimum absolute atomic E-state index is 0.0984. The van der Waals surface area contributed by atoms with Crippen LogP contribution in [0.4, 0.5) is 0 Å². The highest BCUT2D eigenvalue weighted by molar-refractivity contribution is 8.00. The third kappa shape index (κ3) is 3.36. The summed E-state index contributed by atoms with van der Waals surface area (Å²) in [5.41, 5.74) is -1.85. The van der Waals surface area contributed by atoms with Gasteiger partial charge in [-0.1, -0.05) is 11.6 Å². The fourth-order valence-corrected chi connectivity index (χ4v) is 6.28. The molecule has 0 aromatic carbocycles. The number of thiol groups is 1. The average molecular weight is 500 g/mol. The average Bonchev–Trinajstić information content (AvgIpc) is 3.18. The largest absolute Gasteiger partial charge is 0.481 e. The first-order chi connectivity index (χ1) is 15.1. The van der Waals surface area contributed by atoms with Crippen molar-refractivity contribution in [3.05, 3.63) is 39.5 Å². The van der Waals surface area contributed by atoms with E-state index in [-0.39, 0.29) is 23.1 Å². The topological polar surface area (TPSA) is 144 Å². The molecule has 2 aromatic heterocycles. The van der Waals surface area contributed by atoms with Crippen LogP contribution in [0, 0.1) is 5.41 Å². The lowest BCUT2D eigenvalue weighted by Gasteiger charge is -2.56. The molecule has 2 aliphatic heterocycles. The zero-order valence-corrected chi connectivity index (χ0v) is 19.3. The number of aliphatic carboxylic acids is 1. The number of amides is 2. The normalized spacial score (nSPS) is 25.6. The molecule has 12 nitrogen and oxygen atoms in total. The Morgan fingerprint density at radius 3 is 2.72 bits per heavy atom. The van der Waals surface area contributed by atoms with Crippen molar-refractivity contribution in [2.45, 2.75) is 23.6 Å². The van der Waals surface area contributed by atoms with Gasteiger partial charge in [0.25, 0.3) is 5.91 Å². The van der Waals surface area contributed by atoms with Crippen LogP contribution in [-0.2, 0) is 21.4 Å². The third-order valence-corrected chi connectivity index (χ3v) is 8.16. The molecule has 170 valence electrons. The molecule has 2 fully saturated rings. The molecule has 0 saturated carbocycles. The number of β-lactam (4-membered cyclic amide) rings is 1. The second-order valence-electron chi connectivity index (χ2n) is 7.54. The van der Waals surface area contributed by atoms with E-state index < -0.39 is 45.3 Å². The number of carboxylic acids is 1. The molecule has 2 amide bonds. The Bertz CT molecular complexity index is 1170. The van der Waals surface area contributed by atoms with Crippen LogP contribution in [0.25, 0.3) is 0 Å². The van der Waals surface area contributed by atoms with Crippen molar-refractivity contribution in [2.75, 3.05) is 17.3 Å². The van der Waals surface area contributed by atoms with Gasteiger partial charge >= 0.3 is 5.97 Å². The fourth-order valence-electron chi connectivity index (χ4n) is 3.87. The number of thioether (sulfide) groups is 1. The SMILES string of the molecule is CC(=O)N(C1C(=O)N2CC(C(=O)O)(C(S)c3nnnn3C)CS[C@H]12)n1ccc(=O)c(Cl)c1. The first kappa shape index (κ1) is 22.6. The van der Waals surface area contributed by atoms with Crippen LogP contribution in [0.2, 0.25) is 5.02 Å². The molecule has 32 heavy (non-hydrogen) atoms. The third-order valence-electron chi connectivity index (χ3n) is 5.62. The van der Waals surface area contributed by atoms with Gasteiger partial charge in [-0.25, -0.2) is 9.69 Å². The Hall–Kier alpha value is -2.58. The molecular formula is C17H18ClN7O5S2. The Balaban J connectivity index is 1.63. The molecule has 2 saturated heterocycles. The quantitative estimate of drug-likeness (QED) is 0.412. The van der Waals surface area contributed by atoms with E-state index in [0.29, 0.717) is 0 Å². The van der Waals surface area contributed by atoms with Crippen LogP contribution in [0.3, 0.4) is 0 Å². The lowest BCUT2D eigenvalue weighted by atomic mass is 9.83. The number of halogens is 1. The zero-order chi connectivity index (χ0) is 23.4. The lowest BCUT2D eigenvalue weighted by molar-refractivity contribution is -0.158. The summed E-state index contributed by atoms with van der Waals surface area (Å²) in [7, 11) is 1.58. The number of carboxylic acid groups (broad SMARTS) is 1. The van der Waals surface area contributed by atoms with Gasteiger partial charge in [-0.05, 0) is 10.4 Å². The molecule has 0 radical (unpaired) electrons. The van der Waals surface area contributed by atoms with Crippen molar-refractivity contribution >= 4 is 53.8 Å². The number of aryl methyl sites for hydroxylation is 1. The highest BCUT2D eigenvalue weighted by atomic mass is 35.5. The summed E-state index contributed by atoms with van der Waals surface area (Å²) in [6.45, 7) is 1.18. The summed E-state index contributed by atoms with van der Waals surface area (Å²) < 4.78 is 2.65. The second kappa shape index (κ2) is 8.08. The summed E-state index contributed by atoms with van der Waals surface area (Å²) >= 11 is 11.7. The van der Waals surface area contributed by atoms with Gasteiger partial charge in [0.05, 0.1) is 5.25 Å². The maximum absolute atomic E-state index is 13.1. The summed E-state index contributed by atoms with van der Waals surface area (Å²) in [5, 5.41) is 21.0. The van der Waals surface area contributed by atoms with Crippen molar-refractivity contribution < 1.29 is 19.5 Å². The van der Waals surface area contributed by atoms with E-state index in [1.165, 1.54) is 56.4 Å². The van der Waals surface area contributed by atoms with Crippen molar-refractivity contribution in [1.82, 2.24) is 29.8 Å². The number of tetrazole rings is 1. The molecule has 4 heterocycles. The molecule has 4 atom stereocenters. The number of hydrogen-bond acceptors (Lipinski definition) is 9. The van der Waals surface area contributed by atoms with Crippen LogP contribution in [0.15, 0.2) is 23.3 Å². The molecule has 15 heteroatoms. The molecule has 2 aromatic rings. The smallest absolute Gasteiger partial charge is 0.313 e. The van der Waals surface area contributed by atoms with E-state index in [2.05, 4.69) is 28.2 Å². The van der Waals surface area contributed by atoms with E-state index in [1.54, 1.807) is 7.05 Å². The van der Waals surface area contributed by atoms with Crippen molar-refractivity contribution in [1.29, 1.82) is 0 Å². The van der Waals surface area contributed by atoms with Gasteiger partial charge in [0, 0.05) is 44.7 Å². The van der Waals surface area contributed by atoms with Crippen LogP contribution in [0.5, 0.6) is 0 Å². The van der Waals surface area contributed by atoms with Crippen LogP contribution in [-0.4, -0.2) is 76.4 Å². The Morgan fingerprint density at radius 2 is 2.16 bits per heavy atom. The summed E-state index contributed by atoms with van der Waals surface area (Å²) in [5.74, 6) is -1.60. The van der Waals surface area contributed by atoms with Gasteiger partial charge in [-0.3, -0.25) is 23.9 Å². The van der Waals surface area contributed by atoms with Gasteiger partial charge in [0.15, 0.2) is 17.3 Å². The standard InChI is InChI=1S/C17H18ClN7O5S2/c1-8(26)25(23-4-3-10(27)9(18)5-23)11-14(28)24-6-17(16(29)30,7-32-15(11)24)12(31)13-19-20-21-22(13)2/h3-5,11-12,15,31H,6-7H2,1-2H3,(H,29,30)/t11?,12?,15-,17?/m1/s1.